The fourth-order valence-corrected chi connectivity index (χ4v) is 1.86. The lowest BCUT2D eigenvalue weighted by atomic mass is 9.81. The first-order valence-electron chi connectivity index (χ1n) is 5.62. The lowest BCUT2D eigenvalue weighted by Crippen LogP contribution is -2.12. The van der Waals surface area contributed by atoms with E-state index in [1.54, 1.807) is 0 Å². The maximum absolute atomic E-state index is 9.07. The molecule has 0 aromatic carbocycles. The average molecular weight is 186 g/mol. The molecule has 1 fully saturated rings. The third-order valence-corrected chi connectivity index (χ3v) is 3.09. The fourth-order valence-electron chi connectivity index (χ4n) is 1.86. The van der Waals surface area contributed by atoms with Crippen LogP contribution in [0.5, 0.6) is 0 Å². The smallest absolute Gasteiger partial charge is 0.0770 e. The highest BCUT2D eigenvalue weighted by atomic mass is 16.3. The van der Waals surface area contributed by atoms with Crippen LogP contribution in [-0.2, 0) is 0 Å². The lowest BCUT2D eigenvalue weighted by Gasteiger charge is -2.25. The fraction of sp³-hybridized carbons (Fsp3) is 1.00. The van der Waals surface area contributed by atoms with Crippen LogP contribution < -0.4 is 0 Å². The minimum atomic E-state index is -0.483. The van der Waals surface area contributed by atoms with E-state index in [1.807, 2.05) is 0 Å². The van der Waals surface area contributed by atoms with Gasteiger partial charge in [-0.25, -0.2) is 0 Å². The van der Waals surface area contributed by atoms with Gasteiger partial charge in [-0.15, -0.1) is 0 Å². The first-order valence-corrected chi connectivity index (χ1v) is 5.62. The van der Waals surface area contributed by atoms with Gasteiger partial charge in [-0.1, -0.05) is 44.9 Å². The molecule has 0 heterocycles. The third-order valence-electron chi connectivity index (χ3n) is 3.09. The zero-order valence-electron chi connectivity index (χ0n) is 8.41. The second kappa shape index (κ2) is 6.39. The number of hydrogen-bond donors (Lipinski definition) is 2. The molecule has 0 bridgehead atoms. The van der Waals surface area contributed by atoms with Crippen molar-refractivity contribution in [3.63, 3.8) is 0 Å². The van der Waals surface area contributed by atoms with Crippen LogP contribution >= 0.6 is 0 Å². The number of aliphatic hydroxyl groups is 2. The van der Waals surface area contributed by atoms with Crippen LogP contribution in [0.2, 0.25) is 0 Å². The number of hydrogen-bond acceptors (Lipinski definition) is 2. The van der Waals surface area contributed by atoms with Gasteiger partial charge in [0.15, 0.2) is 0 Å². The summed E-state index contributed by atoms with van der Waals surface area (Å²) in [7, 11) is 0. The molecule has 0 spiro atoms. The summed E-state index contributed by atoms with van der Waals surface area (Å²) in [5.74, 6) is 1.02. The van der Waals surface area contributed by atoms with Crippen LogP contribution in [0.1, 0.15) is 51.4 Å². The molecule has 1 saturated carbocycles. The molecule has 0 aromatic heterocycles. The van der Waals surface area contributed by atoms with Gasteiger partial charge in [0.25, 0.3) is 0 Å². The Labute approximate surface area is 81.0 Å². The van der Waals surface area contributed by atoms with Crippen molar-refractivity contribution in [1.29, 1.82) is 0 Å². The van der Waals surface area contributed by atoms with Crippen LogP contribution in [0.3, 0.4) is 0 Å². The summed E-state index contributed by atoms with van der Waals surface area (Å²) in [4.78, 5) is 0. The second-order valence-electron chi connectivity index (χ2n) is 4.27. The Bertz CT molecular complexity index is 115. The van der Waals surface area contributed by atoms with Crippen molar-refractivity contribution >= 4 is 0 Å². The lowest BCUT2D eigenvalue weighted by molar-refractivity contribution is 0.0858. The van der Waals surface area contributed by atoms with Crippen molar-refractivity contribution in [1.82, 2.24) is 0 Å². The largest absolute Gasteiger partial charge is 0.394 e. The first-order chi connectivity index (χ1) is 6.33. The van der Waals surface area contributed by atoms with Crippen LogP contribution in [0, 0.1) is 5.92 Å². The van der Waals surface area contributed by atoms with Crippen molar-refractivity contribution in [2.45, 2.75) is 57.5 Å². The summed E-state index contributed by atoms with van der Waals surface area (Å²) in [5.41, 5.74) is 0. The summed E-state index contributed by atoms with van der Waals surface area (Å²) in [6, 6.07) is 0. The van der Waals surface area contributed by atoms with Crippen LogP contribution in [0.4, 0.5) is 0 Å². The monoisotopic (exact) mass is 186 g/mol. The molecule has 1 aliphatic carbocycles. The van der Waals surface area contributed by atoms with Gasteiger partial charge in [-0.2, -0.15) is 0 Å². The zero-order valence-corrected chi connectivity index (χ0v) is 8.41. The quantitative estimate of drug-likeness (QED) is 0.598. The van der Waals surface area contributed by atoms with E-state index in [0.717, 1.165) is 18.8 Å². The molecule has 0 saturated heterocycles. The Kier molecular flexibility index (Phi) is 5.40. The highest BCUT2D eigenvalue weighted by Crippen LogP contribution is 2.31. The van der Waals surface area contributed by atoms with E-state index in [-0.39, 0.29) is 6.61 Å². The molecule has 2 heteroatoms. The second-order valence-corrected chi connectivity index (χ2v) is 4.27. The Morgan fingerprint density at radius 1 is 1.15 bits per heavy atom. The van der Waals surface area contributed by atoms with Crippen LogP contribution in [0.25, 0.3) is 0 Å². The van der Waals surface area contributed by atoms with Gasteiger partial charge in [0.2, 0.25) is 0 Å². The summed E-state index contributed by atoms with van der Waals surface area (Å²) in [6.45, 7) is -0.0807. The molecule has 1 aliphatic rings. The van der Waals surface area contributed by atoms with Gasteiger partial charge in [-0.05, 0) is 12.3 Å². The maximum atomic E-state index is 9.07. The molecule has 0 amide bonds. The molecule has 1 unspecified atom stereocenters. The molecule has 0 aliphatic heterocycles. The molecular formula is C11H22O2. The minimum absolute atomic E-state index is 0.0807. The highest BCUT2D eigenvalue weighted by Gasteiger charge is 2.16. The van der Waals surface area contributed by atoms with Gasteiger partial charge in [0.1, 0.15) is 0 Å². The normalized spacial score (nSPS) is 19.8. The summed E-state index contributed by atoms with van der Waals surface area (Å²) in [5, 5.41) is 17.7. The Hall–Kier alpha value is -0.0800. The van der Waals surface area contributed by atoms with E-state index in [2.05, 4.69) is 0 Å². The molecular weight excluding hydrogens is 164 g/mol. The van der Waals surface area contributed by atoms with Crippen LogP contribution in [-0.4, -0.2) is 22.9 Å². The number of aliphatic hydroxyl groups excluding tert-OH is 2. The Balaban J connectivity index is 1.78. The van der Waals surface area contributed by atoms with E-state index < -0.39 is 6.10 Å². The molecule has 1 rings (SSSR count). The van der Waals surface area contributed by atoms with Gasteiger partial charge in [0.05, 0.1) is 12.7 Å². The Morgan fingerprint density at radius 3 is 2.46 bits per heavy atom. The molecule has 2 N–H and O–H groups in total. The standard InChI is InChI=1S/C11H22O2/c12-9-11(13)8-3-1-2-5-10-6-4-7-10/h10-13H,1-9H2. The van der Waals surface area contributed by atoms with Crippen molar-refractivity contribution in [3.8, 4) is 0 Å². The molecule has 1 atom stereocenters. The van der Waals surface area contributed by atoms with E-state index in [9.17, 15) is 0 Å². The zero-order chi connectivity index (χ0) is 9.52. The summed E-state index contributed by atoms with van der Waals surface area (Å²) >= 11 is 0. The van der Waals surface area contributed by atoms with Crippen molar-refractivity contribution in [2.75, 3.05) is 6.61 Å². The van der Waals surface area contributed by atoms with E-state index in [0.29, 0.717) is 0 Å². The van der Waals surface area contributed by atoms with Crippen molar-refractivity contribution in [2.24, 2.45) is 5.92 Å². The summed E-state index contributed by atoms with van der Waals surface area (Å²) in [6.07, 6.45) is 9.58. The molecule has 0 radical (unpaired) electrons. The Morgan fingerprint density at radius 2 is 1.92 bits per heavy atom. The van der Waals surface area contributed by atoms with Gasteiger partial charge in [0, 0.05) is 0 Å². The molecule has 13 heavy (non-hydrogen) atoms. The highest BCUT2D eigenvalue weighted by molar-refractivity contribution is 4.69. The van der Waals surface area contributed by atoms with Crippen molar-refractivity contribution in [3.05, 3.63) is 0 Å². The third kappa shape index (κ3) is 4.63. The van der Waals surface area contributed by atoms with Gasteiger partial charge >= 0.3 is 0 Å². The summed E-state index contributed by atoms with van der Waals surface area (Å²) < 4.78 is 0. The number of unbranched alkanes of at least 4 members (excludes halogenated alkanes) is 2. The molecule has 2 nitrogen and oxygen atoms in total. The van der Waals surface area contributed by atoms with E-state index in [4.69, 9.17) is 10.2 Å². The van der Waals surface area contributed by atoms with Crippen molar-refractivity contribution < 1.29 is 10.2 Å². The van der Waals surface area contributed by atoms with Crippen LogP contribution in [0.15, 0.2) is 0 Å². The average Bonchev–Trinajstić information content (AvgIpc) is 2.07. The van der Waals surface area contributed by atoms with Gasteiger partial charge in [-0.3, -0.25) is 0 Å². The predicted octanol–water partition coefficient (Wildman–Crippen LogP) is 2.09. The molecule has 78 valence electrons. The first kappa shape index (κ1) is 11.0. The van der Waals surface area contributed by atoms with E-state index >= 15 is 0 Å². The van der Waals surface area contributed by atoms with E-state index in [1.165, 1.54) is 38.5 Å². The number of rotatable bonds is 7. The maximum Gasteiger partial charge on any atom is 0.0770 e. The SMILES string of the molecule is OCC(O)CCCCCC1CCC1. The topological polar surface area (TPSA) is 40.5 Å². The van der Waals surface area contributed by atoms with Gasteiger partial charge < -0.3 is 10.2 Å². The molecule has 0 aromatic rings. The minimum Gasteiger partial charge on any atom is -0.394 e. The predicted molar refractivity (Wildman–Crippen MR) is 53.5 cm³/mol.